The fourth-order valence-corrected chi connectivity index (χ4v) is 4.09. The number of hydrogen-bond donors (Lipinski definition) is 2. The molecule has 2 bridgehead atoms. The molecule has 2 N–H and O–H groups in total. The Morgan fingerprint density at radius 1 is 1.00 bits per heavy atom. The van der Waals surface area contributed by atoms with E-state index >= 15 is 0 Å². The van der Waals surface area contributed by atoms with Gasteiger partial charge in [-0.2, -0.15) is 34.8 Å². The number of carbonyl (C=O) groups is 1. The van der Waals surface area contributed by atoms with E-state index < -0.39 is 49.8 Å². The van der Waals surface area contributed by atoms with Crippen LogP contribution in [0.3, 0.4) is 0 Å². The molecule has 0 unspecified atom stereocenters. The molecular weight excluding hydrogens is 390 g/mol. The Morgan fingerprint density at radius 2 is 1.54 bits per heavy atom. The van der Waals surface area contributed by atoms with Crippen molar-refractivity contribution in [3.63, 3.8) is 0 Å². The number of rotatable bonds is 4. The van der Waals surface area contributed by atoms with Crippen molar-refractivity contribution in [2.45, 2.75) is 36.5 Å². The van der Waals surface area contributed by atoms with Crippen LogP contribution in [0, 0.1) is 5.41 Å². The zero-order chi connectivity index (χ0) is 19.6. The van der Waals surface area contributed by atoms with Crippen LogP contribution in [-0.2, 0) is 10.0 Å². The smallest absolute Gasteiger partial charge is 0.346 e. The van der Waals surface area contributed by atoms with Gasteiger partial charge < -0.3 is 5.32 Å². The lowest BCUT2D eigenvalue weighted by Crippen LogP contribution is -2.78. The summed E-state index contributed by atoms with van der Waals surface area (Å²) in [6, 6.07) is 4.54. The second-order valence-corrected chi connectivity index (χ2v) is 8.31. The van der Waals surface area contributed by atoms with E-state index in [-0.39, 0.29) is 19.3 Å². The minimum atomic E-state index is -5.74. The number of para-hydroxylation sites is 1. The standard InChI is InChI=1S/C14H12F6N2O3S/c15-13(16,17)11-5-12(6-11,7-11)21-10(23)8-3-1-2-4-9(8)22-26(24,25)14(18,19)20/h1-4,22H,5-7H2,(H,21,23). The summed E-state index contributed by atoms with van der Waals surface area (Å²) in [5.74, 6) is -0.944. The zero-order valence-electron chi connectivity index (χ0n) is 12.8. The molecule has 0 radical (unpaired) electrons. The number of anilines is 1. The molecule has 0 heterocycles. The summed E-state index contributed by atoms with van der Waals surface area (Å²) in [4.78, 5) is 12.3. The molecule has 1 amide bonds. The summed E-state index contributed by atoms with van der Waals surface area (Å²) in [5.41, 5.74) is -9.46. The Kier molecular flexibility index (Phi) is 3.81. The molecule has 3 aliphatic rings. The number of halogens is 6. The van der Waals surface area contributed by atoms with Gasteiger partial charge in [0, 0.05) is 5.54 Å². The summed E-state index contributed by atoms with van der Waals surface area (Å²) in [5, 5.41) is 2.38. The topological polar surface area (TPSA) is 75.3 Å². The first kappa shape index (κ1) is 18.8. The van der Waals surface area contributed by atoms with Crippen molar-refractivity contribution in [2.24, 2.45) is 5.41 Å². The van der Waals surface area contributed by atoms with Crippen molar-refractivity contribution in [3.8, 4) is 0 Å². The van der Waals surface area contributed by atoms with Gasteiger partial charge in [0.2, 0.25) is 0 Å². The first-order valence-electron chi connectivity index (χ1n) is 7.28. The van der Waals surface area contributed by atoms with E-state index in [1.54, 1.807) is 0 Å². The number of benzene rings is 1. The minimum absolute atomic E-state index is 0.300. The number of alkyl halides is 6. The van der Waals surface area contributed by atoms with E-state index in [1.165, 1.54) is 16.9 Å². The van der Waals surface area contributed by atoms with Crippen LogP contribution in [0.15, 0.2) is 24.3 Å². The molecule has 26 heavy (non-hydrogen) atoms. The molecular formula is C14H12F6N2O3S. The highest BCUT2D eigenvalue weighted by molar-refractivity contribution is 7.93. The highest BCUT2D eigenvalue weighted by Crippen LogP contribution is 2.73. The maximum absolute atomic E-state index is 12.8. The monoisotopic (exact) mass is 402 g/mol. The average Bonchev–Trinajstić information content (AvgIpc) is 2.38. The lowest BCUT2D eigenvalue weighted by Gasteiger charge is -2.70. The molecule has 0 aromatic heterocycles. The maximum atomic E-state index is 12.8. The van der Waals surface area contributed by atoms with Crippen LogP contribution < -0.4 is 10.0 Å². The van der Waals surface area contributed by atoms with Gasteiger partial charge in [-0.1, -0.05) is 12.1 Å². The van der Waals surface area contributed by atoms with Crippen LogP contribution >= 0.6 is 0 Å². The second kappa shape index (κ2) is 5.27. The molecule has 4 rings (SSSR count). The third kappa shape index (κ3) is 2.79. The quantitative estimate of drug-likeness (QED) is 0.760. The minimum Gasteiger partial charge on any atom is -0.346 e. The van der Waals surface area contributed by atoms with Gasteiger partial charge in [0.05, 0.1) is 16.7 Å². The van der Waals surface area contributed by atoms with Crippen molar-refractivity contribution in [1.29, 1.82) is 0 Å². The van der Waals surface area contributed by atoms with Gasteiger partial charge in [0.15, 0.2) is 0 Å². The molecule has 12 heteroatoms. The molecule has 3 saturated carbocycles. The second-order valence-electron chi connectivity index (χ2n) is 6.64. The zero-order valence-corrected chi connectivity index (χ0v) is 13.6. The highest BCUT2D eigenvalue weighted by atomic mass is 32.2. The Hall–Kier alpha value is -1.98. The molecule has 1 aromatic carbocycles. The van der Waals surface area contributed by atoms with Crippen LogP contribution in [0.4, 0.5) is 32.0 Å². The molecule has 0 aliphatic heterocycles. The largest absolute Gasteiger partial charge is 0.516 e. The van der Waals surface area contributed by atoms with Crippen molar-refractivity contribution in [1.82, 2.24) is 5.32 Å². The third-order valence-electron chi connectivity index (χ3n) is 4.73. The molecule has 144 valence electrons. The Morgan fingerprint density at radius 3 is 2.04 bits per heavy atom. The van der Waals surface area contributed by atoms with E-state index in [4.69, 9.17) is 0 Å². The van der Waals surface area contributed by atoms with Crippen LogP contribution in [0.2, 0.25) is 0 Å². The van der Waals surface area contributed by atoms with Crippen LogP contribution in [0.25, 0.3) is 0 Å². The van der Waals surface area contributed by atoms with Crippen molar-refractivity contribution in [3.05, 3.63) is 29.8 Å². The van der Waals surface area contributed by atoms with Crippen LogP contribution in [0.1, 0.15) is 29.6 Å². The van der Waals surface area contributed by atoms with Crippen molar-refractivity contribution >= 4 is 21.6 Å². The van der Waals surface area contributed by atoms with E-state index in [2.05, 4.69) is 5.32 Å². The summed E-state index contributed by atoms with van der Waals surface area (Å²) in [6.45, 7) is 0. The number of sulfonamides is 1. The summed E-state index contributed by atoms with van der Waals surface area (Å²) in [7, 11) is -5.74. The fraction of sp³-hybridized carbons (Fsp3) is 0.500. The molecule has 0 spiro atoms. The van der Waals surface area contributed by atoms with E-state index in [9.17, 15) is 39.6 Å². The predicted molar refractivity (Wildman–Crippen MR) is 77.6 cm³/mol. The van der Waals surface area contributed by atoms with Gasteiger partial charge >= 0.3 is 21.7 Å². The Bertz CT molecular complexity index is 842. The van der Waals surface area contributed by atoms with E-state index in [1.807, 2.05) is 0 Å². The number of carbonyl (C=O) groups excluding carboxylic acids is 1. The van der Waals surface area contributed by atoms with Gasteiger partial charge in [-0.3, -0.25) is 9.52 Å². The predicted octanol–water partition coefficient (Wildman–Crippen LogP) is 3.16. The normalized spacial score (nSPS) is 27.9. The molecule has 3 fully saturated rings. The Labute approximate surface area is 143 Å². The van der Waals surface area contributed by atoms with Crippen molar-refractivity contribution in [2.75, 3.05) is 4.72 Å². The highest BCUT2D eigenvalue weighted by Gasteiger charge is 2.79. The molecule has 1 aromatic rings. The van der Waals surface area contributed by atoms with Gasteiger partial charge in [-0.15, -0.1) is 0 Å². The van der Waals surface area contributed by atoms with Crippen LogP contribution in [-0.4, -0.2) is 31.5 Å². The lowest BCUT2D eigenvalue weighted by atomic mass is 9.39. The number of amides is 1. The van der Waals surface area contributed by atoms with E-state index in [0.29, 0.717) is 0 Å². The first-order chi connectivity index (χ1) is 11.7. The molecule has 0 atom stereocenters. The van der Waals surface area contributed by atoms with Gasteiger partial charge in [0.1, 0.15) is 0 Å². The lowest BCUT2D eigenvalue weighted by molar-refractivity contribution is -0.336. The summed E-state index contributed by atoms with van der Waals surface area (Å²) in [6.07, 6.45) is -5.28. The SMILES string of the molecule is O=C(NC12CC(C(F)(F)F)(C1)C2)c1ccccc1NS(=O)(=O)C(F)(F)F. The number of hydrogen-bond acceptors (Lipinski definition) is 3. The number of nitrogens with one attached hydrogen (secondary N) is 2. The molecule has 3 aliphatic carbocycles. The Balaban J connectivity index is 1.75. The van der Waals surface area contributed by atoms with Crippen LogP contribution in [0.5, 0.6) is 0 Å². The maximum Gasteiger partial charge on any atom is 0.516 e. The molecule has 0 saturated heterocycles. The van der Waals surface area contributed by atoms with Crippen molar-refractivity contribution < 1.29 is 39.6 Å². The average molecular weight is 402 g/mol. The summed E-state index contributed by atoms with van der Waals surface area (Å²) < 4.78 is 99.6. The summed E-state index contributed by atoms with van der Waals surface area (Å²) >= 11 is 0. The first-order valence-corrected chi connectivity index (χ1v) is 8.76. The van der Waals surface area contributed by atoms with Gasteiger partial charge in [0.25, 0.3) is 5.91 Å². The van der Waals surface area contributed by atoms with Gasteiger partial charge in [-0.25, -0.2) is 0 Å². The van der Waals surface area contributed by atoms with E-state index in [0.717, 1.165) is 12.1 Å². The fourth-order valence-electron chi connectivity index (χ4n) is 3.50. The molecule has 5 nitrogen and oxygen atoms in total. The third-order valence-corrected chi connectivity index (χ3v) is 5.83. The van der Waals surface area contributed by atoms with Gasteiger partial charge in [-0.05, 0) is 31.4 Å².